The number of benzene rings is 2. The maximum absolute atomic E-state index is 10.1. The molecule has 7 nitrogen and oxygen atoms in total. The molecule has 1 aliphatic heterocycles. The Morgan fingerprint density at radius 2 is 2.09 bits per heavy atom. The third-order valence-electron chi connectivity index (χ3n) is 3.84. The largest absolute Gasteiger partial charge is 0.504 e. The maximum Gasteiger partial charge on any atom is 0.212 e. The van der Waals surface area contributed by atoms with Crippen molar-refractivity contribution in [3.05, 3.63) is 48.0 Å². The summed E-state index contributed by atoms with van der Waals surface area (Å²) in [5.41, 5.74) is 8.47. The van der Waals surface area contributed by atoms with Crippen molar-refractivity contribution in [2.75, 3.05) is 12.4 Å². The lowest BCUT2D eigenvalue weighted by molar-refractivity contribution is 0.372. The van der Waals surface area contributed by atoms with Crippen LogP contribution in [0.5, 0.6) is 11.5 Å². The van der Waals surface area contributed by atoms with Crippen molar-refractivity contribution >= 4 is 22.9 Å². The average Bonchev–Trinajstić information content (AvgIpc) is 2.92. The molecule has 0 amide bonds. The summed E-state index contributed by atoms with van der Waals surface area (Å²) in [5, 5.41) is 13.0. The highest BCUT2D eigenvalue weighted by Crippen LogP contribution is 2.35. The number of guanidine groups is 1. The highest BCUT2D eigenvalue weighted by Gasteiger charge is 2.25. The monoisotopic (exact) mass is 309 g/mol. The van der Waals surface area contributed by atoms with E-state index in [1.54, 1.807) is 12.1 Å². The number of nitrogens with two attached hydrogens (primary N) is 1. The number of ether oxygens (including phenoxy) is 1. The maximum atomic E-state index is 10.1. The Morgan fingerprint density at radius 1 is 1.26 bits per heavy atom. The van der Waals surface area contributed by atoms with Gasteiger partial charge in [-0.1, -0.05) is 18.2 Å². The molecule has 3 aromatic rings. The van der Waals surface area contributed by atoms with Gasteiger partial charge in [-0.25, -0.2) is 9.98 Å². The third-order valence-corrected chi connectivity index (χ3v) is 3.84. The van der Waals surface area contributed by atoms with E-state index in [9.17, 15) is 5.11 Å². The number of phenols is 1. The van der Waals surface area contributed by atoms with E-state index in [4.69, 9.17) is 10.5 Å². The Bertz CT molecular complexity index is 931. The van der Waals surface area contributed by atoms with Gasteiger partial charge in [0.15, 0.2) is 23.6 Å². The first-order valence-corrected chi connectivity index (χ1v) is 7.11. The van der Waals surface area contributed by atoms with E-state index in [1.807, 2.05) is 34.9 Å². The Morgan fingerprint density at radius 3 is 2.87 bits per heavy atom. The van der Waals surface area contributed by atoms with Crippen LogP contribution in [0.25, 0.3) is 11.0 Å². The number of nitrogens with one attached hydrogen (secondary N) is 1. The first-order chi connectivity index (χ1) is 11.2. The number of nitrogens with zero attached hydrogens (tertiary/aromatic N) is 3. The minimum Gasteiger partial charge on any atom is -0.504 e. The molecule has 2 aromatic carbocycles. The predicted octanol–water partition coefficient (Wildman–Crippen LogP) is 2.04. The lowest BCUT2D eigenvalue weighted by atomic mass is 10.1. The minimum absolute atomic E-state index is 0.0586. The summed E-state index contributed by atoms with van der Waals surface area (Å²) in [7, 11) is 1.51. The van der Waals surface area contributed by atoms with Crippen LogP contribution in [0.4, 0.5) is 5.95 Å². The van der Waals surface area contributed by atoms with Gasteiger partial charge < -0.3 is 15.6 Å². The normalized spacial score (nSPS) is 16.6. The van der Waals surface area contributed by atoms with Gasteiger partial charge in [-0.15, -0.1) is 0 Å². The van der Waals surface area contributed by atoms with Crippen molar-refractivity contribution < 1.29 is 9.84 Å². The van der Waals surface area contributed by atoms with Crippen LogP contribution >= 0.6 is 0 Å². The molecule has 4 N–H and O–H groups in total. The Hall–Kier alpha value is -3.22. The average molecular weight is 309 g/mol. The summed E-state index contributed by atoms with van der Waals surface area (Å²) in [5.74, 6) is 1.38. The molecule has 0 radical (unpaired) electrons. The molecule has 0 saturated heterocycles. The van der Waals surface area contributed by atoms with Crippen molar-refractivity contribution in [1.82, 2.24) is 9.55 Å². The molecule has 0 fully saturated rings. The standard InChI is InChI=1S/C16H15N5O2/c1-23-13-7-6-9(8-12(13)22)14-19-15(17)20-16-18-10-4-2-3-5-11(10)21(14)16/h2-8,14,22H,1H3,(H3,17,18,19,20). The Balaban J connectivity index is 1.91. The van der Waals surface area contributed by atoms with E-state index in [-0.39, 0.29) is 11.7 Å². The summed E-state index contributed by atoms with van der Waals surface area (Å²) < 4.78 is 7.04. The van der Waals surface area contributed by atoms with Gasteiger partial charge in [0.2, 0.25) is 5.95 Å². The number of aliphatic imine (C=N–C) groups is 1. The van der Waals surface area contributed by atoms with Crippen LogP contribution < -0.4 is 15.8 Å². The van der Waals surface area contributed by atoms with Gasteiger partial charge in [0.1, 0.15) is 0 Å². The summed E-state index contributed by atoms with van der Waals surface area (Å²) in [6.45, 7) is 0. The second-order valence-electron chi connectivity index (χ2n) is 5.24. The number of aromatic nitrogens is 2. The molecule has 0 aliphatic carbocycles. The van der Waals surface area contributed by atoms with Crippen molar-refractivity contribution in [3.8, 4) is 11.5 Å². The molecular weight excluding hydrogens is 294 g/mol. The van der Waals surface area contributed by atoms with Gasteiger partial charge in [0, 0.05) is 5.56 Å². The number of rotatable bonds is 2. The summed E-state index contributed by atoms with van der Waals surface area (Å²) >= 11 is 0. The second kappa shape index (κ2) is 4.91. The van der Waals surface area contributed by atoms with E-state index < -0.39 is 6.17 Å². The lowest BCUT2D eigenvalue weighted by Crippen LogP contribution is -2.31. The third kappa shape index (κ3) is 2.05. The molecular formula is C16H15N5O2. The van der Waals surface area contributed by atoms with Crippen LogP contribution in [0, 0.1) is 0 Å². The van der Waals surface area contributed by atoms with Crippen molar-refractivity contribution in [2.45, 2.75) is 6.17 Å². The van der Waals surface area contributed by atoms with Gasteiger partial charge in [-0.2, -0.15) is 0 Å². The number of hydrogen-bond donors (Lipinski definition) is 3. The molecule has 116 valence electrons. The van der Waals surface area contributed by atoms with Crippen LogP contribution in [0.1, 0.15) is 11.7 Å². The molecule has 2 heterocycles. The summed E-state index contributed by atoms with van der Waals surface area (Å²) in [6.07, 6.45) is -0.407. The van der Waals surface area contributed by atoms with Crippen LogP contribution in [0.3, 0.4) is 0 Å². The molecule has 0 spiro atoms. The molecule has 1 atom stereocenters. The van der Waals surface area contributed by atoms with Crippen LogP contribution in [0.15, 0.2) is 47.5 Å². The quantitative estimate of drug-likeness (QED) is 0.673. The molecule has 1 aromatic heterocycles. The molecule has 0 saturated carbocycles. The number of methoxy groups -OCH3 is 1. The summed E-state index contributed by atoms with van der Waals surface area (Å²) in [6, 6.07) is 13.0. The van der Waals surface area contributed by atoms with Gasteiger partial charge in [0.25, 0.3) is 0 Å². The fourth-order valence-corrected chi connectivity index (χ4v) is 2.81. The van der Waals surface area contributed by atoms with E-state index in [2.05, 4.69) is 15.3 Å². The van der Waals surface area contributed by atoms with Gasteiger partial charge in [0.05, 0.1) is 18.1 Å². The van der Waals surface area contributed by atoms with E-state index in [0.29, 0.717) is 11.7 Å². The highest BCUT2D eigenvalue weighted by molar-refractivity contribution is 5.94. The molecule has 4 rings (SSSR count). The van der Waals surface area contributed by atoms with Gasteiger partial charge >= 0.3 is 0 Å². The summed E-state index contributed by atoms with van der Waals surface area (Å²) in [4.78, 5) is 9.01. The zero-order chi connectivity index (χ0) is 16.0. The van der Waals surface area contributed by atoms with E-state index >= 15 is 0 Å². The number of imidazole rings is 1. The number of phenolic OH excluding ortho intramolecular Hbond substituents is 1. The van der Waals surface area contributed by atoms with Gasteiger partial charge in [-0.05, 0) is 24.3 Å². The molecule has 1 aliphatic rings. The first kappa shape index (κ1) is 13.4. The molecule has 7 heteroatoms. The molecule has 0 bridgehead atoms. The van der Waals surface area contributed by atoms with Gasteiger partial charge in [-0.3, -0.25) is 9.88 Å². The number of hydrogen-bond acceptors (Lipinski definition) is 6. The lowest BCUT2D eigenvalue weighted by Gasteiger charge is -2.24. The van der Waals surface area contributed by atoms with Crippen molar-refractivity contribution in [1.29, 1.82) is 0 Å². The topological polar surface area (TPSA) is 97.7 Å². The Labute approximate surface area is 132 Å². The highest BCUT2D eigenvalue weighted by atomic mass is 16.5. The number of anilines is 1. The first-order valence-electron chi connectivity index (χ1n) is 7.11. The number of fused-ring (bicyclic) bond motifs is 3. The Kier molecular flexibility index (Phi) is 2.87. The van der Waals surface area contributed by atoms with Crippen molar-refractivity contribution in [3.63, 3.8) is 0 Å². The van der Waals surface area contributed by atoms with Crippen molar-refractivity contribution in [2.24, 2.45) is 10.7 Å². The second-order valence-corrected chi connectivity index (χ2v) is 5.24. The molecule has 1 unspecified atom stereocenters. The fourth-order valence-electron chi connectivity index (χ4n) is 2.81. The predicted molar refractivity (Wildman–Crippen MR) is 87.8 cm³/mol. The zero-order valence-electron chi connectivity index (χ0n) is 12.4. The van der Waals surface area contributed by atoms with Crippen LogP contribution in [-0.4, -0.2) is 27.7 Å². The minimum atomic E-state index is -0.407. The van der Waals surface area contributed by atoms with Crippen LogP contribution in [0.2, 0.25) is 0 Å². The SMILES string of the molecule is COc1ccc(C2N=C(N)Nc3nc4ccccc4n32)cc1O. The smallest absolute Gasteiger partial charge is 0.212 e. The zero-order valence-corrected chi connectivity index (χ0v) is 12.4. The van der Waals surface area contributed by atoms with Crippen LogP contribution in [-0.2, 0) is 0 Å². The fraction of sp³-hybridized carbons (Fsp3) is 0.125. The number of para-hydroxylation sites is 2. The van der Waals surface area contributed by atoms with E-state index in [0.717, 1.165) is 16.6 Å². The van der Waals surface area contributed by atoms with E-state index in [1.165, 1.54) is 7.11 Å². The number of aromatic hydroxyl groups is 1. The molecule has 23 heavy (non-hydrogen) atoms.